The van der Waals surface area contributed by atoms with Crippen LogP contribution >= 0.6 is 0 Å². The largest absolute Gasteiger partial charge is 0.206 e. The smallest absolute Gasteiger partial charge is 0.133 e. The van der Waals surface area contributed by atoms with Gasteiger partial charge in [0, 0.05) is 0 Å². The van der Waals surface area contributed by atoms with E-state index in [1.54, 1.807) is 12.1 Å². The molecule has 0 aromatic heterocycles. The summed E-state index contributed by atoms with van der Waals surface area (Å²) in [6.07, 6.45) is 0. The molecule has 2 rings (SSSR count). The van der Waals surface area contributed by atoms with Crippen molar-refractivity contribution in [3.8, 4) is 11.1 Å². The van der Waals surface area contributed by atoms with Gasteiger partial charge in [0.2, 0.25) is 0 Å². The van der Waals surface area contributed by atoms with Crippen molar-refractivity contribution in [2.45, 2.75) is 6.92 Å². The van der Waals surface area contributed by atoms with E-state index in [-0.39, 0.29) is 5.56 Å². The van der Waals surface area contributed by atoms with E-state index in [4.69, 9.17) is 0 Å². The molecule has 0 aliphatic rings. The van der Waals surface area contributed by atoms with Crippen molar-refractivity contribution in [2.75, 3.05) is 0 Å². The van der Waals surface area contributed by atoms with Gasteiger partial charge in [-0.1, -0.05) is 35.9 Å². The lowest BCUT2D eigenvalue weighted by atomic mass is 10.0. The van der Waals surface area contributed by atoms with Crippen LogP contribution in [0, 0.1) is 18.6 Å². The molecule has 0 radical (unpaired) electrons. The van der Waals surface area contributed by atoms with Gasteiger partial charge >= 0.3 is 0 Å². The Morgan fingerprint density at radius 1 is 0.800 bits per heavy atom. The third-order valence-electron chi connectivity index (χ3n) is 2.30. The molecule has 0 fully saturated rings. The van der Waals surface area contributed by atoms with Gasteiger partial charge in [0.15, 0.2) is 0 Å². The third-order valence-corrected chi connectivity index (χ3v) is 2.30. The molecular formula is C13H10F2. The maximum Gasteiger partial charge on any atom is 0.133 e. The SMILES string of the molecule is Cc1ccc(-c2c(F)cccc2F)cc1. The second-order valence-electron chi connectivity index (χ2n) is 3.46. The Hall–Kier alpha value is -1.70. The van der Waals surface area contributed by atoms with E-state index < -0.39 is 11.6 Å². The summed E-state index contributed by atoms with van der Waals surface area (Å²) in [5, 5.41) is 0. The first-order valence-electron chi connectivity index (χ1n) is 4.69. The van der Waals surface area contributed by atoms with E-state index in [2.05, 4.69) is 0 Å². The van der Waals surface area contributed by atoms with Crippen LogP contribution in [0.5, 0.6) is 0 Å². The summed E-state index contributed by atoms with van der Waals surface area (Å²) in [5.74, 6) is -1.06. The molecule has 2 aromatic rings. The zero-order valence-electron chi connectivity index (χ0n) is 8.30. The van der Waals surface area contributed by atoms with Crippen molar-refractivity contribution in [3.05, 3.63) is 59.7 Å². The molecule has 0 bridgehead atoms. The zero-order valence-corrected chi connectivity index (χ0v) is 8.30. The highest BCUT2D eigenvalue weighted by molar-refractivity contribution is 5.65. The Morgan fingerprint density at radius 2 is 1.33 bits per heavy atom. The summed E-state index contributed by atoms with van der Waals surface area (Å²) >= 11 is 0. The topological polar surface area (TPSA) is 0 Å². The molecule has 0 aliphatic carbocycles. The molecule has 0 nitrogen and oxygen atoms in total. The van der Waals surface area contributed by atoms with Crippen LogP contribution in [0.15, 0.2) is 42.5 Å². The maximum atomic E-state index is 13.4. The van der Waals surface area contributed by atoms with Crippen molar-refractivity contribution in [3.63, 3.8) is 0 Å². The fourth-order valence-corrected chi connectivity index (χ4v) is 1.49. The predicted octanol–water partition coefficient (Wildman–Crippen LogP) is 3.94. The van der Waals surface area contributed by atoms with Crippen LogP contribution in [0.4, 0.5) is 8.78 Å². The molecule has 0 amide bonds. The number of hydrogen-bond acceptors (Lipinski definition) is 0. The van der Waals surface area contributed by atoms with Gasteiger partial charge in [-0.3, -0.25) is 0 Å². The molecule has 0 saturated carbocycles. The fourth-order valence-electron chi connectivity index (χ4n) is 1.49. The highest BCUT2D eigenvalue weighted by Gasteiger charge is 2.09. The number of halogens is 2. The molecule has 0 unspecified atom stereocenters. The molecule has 0 spiro atoms. The van der Waals surface area contributed by atoms with Crippen molar-refractivity contribution >= 4 is 0 Å². The van der Waals surface area contributed by atoms with Crippen molar-refractivity contribution < 1.29 is 8.78 Å². The highest BCUT2D eigenvalue weighted by Crippen LogP contribution is 2.25. The first-order chi connectivity index (χ1) is 7.18. The predicted molar refractivity (Wildman–Crippen MR) is 56.5 cm³/mol. The number of hydrogen-bond donors (Lipinski definition) is 0. The van der Waals surface area contributed by atoms with Gasteiger partial charge in [-0.15, -0.1) is 0 Å². The Morgan fingerprint density at radius 3 is 1.87 bits per heavy atom. The van der Waals surface area contributed by atoms with Crippen LogP contribution in [0.2, 0.25) is 0 Å². The minimum absolute atomic E-state index is 0.0394. The van der Waals surface area contributed by atoms with E-state index >= 15 is 0 Å². The van der Waals surface area contributed by atoms with Gasteiger partial charge in [0.25, 0.3) is 0 Å². The first kappa shape index (κ1) is 9.84. The summed E-state index contributed by atoms with van der Waals surface area (Å²) in [6, 6.07) is 11.0. The maximum absolute atomic E-state index is 13.4. The van der Waals surface area contributed by atoms with Gasteiger partial charge in [-0.05, 0) is 24.6 Å². The molecular weight excluding hydrogens is 194 g/mol. The lowest BCUT2D eigenvalue weighted by Gasteiger charge is -2.05. The quantitative estimate of drug-likeness (QED) is 0.660. The van der Waals surface area contributed by atoms with Crippen molar-refractivity contribution in [2.24, 2.45) is 0 Å². The standard InChI is InChI=1S/C13H10F2/c1-9-5-7-10(8-6-9)13-11(14)3-2-4-12(13)15/h2-8H,1H3. The van der Waals surface area contributed by atoms with Crippen LogP contribution in [-0.4, -0.2) is 0 Å². The second kappa shape index (κ2) is 3.81. The van der Waals surface area contributed by atoms with E-state index in [0.717, 1.165) is 5.56 Å². The monoisotopic (exact) mass is 204 g/mol. The average molecular weight is 204 g/mol. The molecule has 2 aromatic carbocycles. The zero-order chi connectivity index (χ0) is 10.8. The molecule has 0 N–H and O–H groups in total. The van der Waals surface area contributed by atoms with Crippen molar-refractivity contribution in [1.29, 1.82) is 0 Å². The Balaban J connectivity index is 2.58. The Bertz CT molecular complexity index is 452. The molecule has 0 aliphatic heterocycles. The molecule has 0 atom stereocenters. The van der Waals surface area contributed by atoms with E-state index in [1.165, 1.54) is 18.2 Å². The molecule has 0 saturated heterocycles. The summed E-state index contributed by atoms with van der Waals surface area (Å²) in [7, 11) is 0. The normalized spacial score (nSPS) is 10.3. The lowest BCUT2D eigenvalue weighted by Crippen LogP contribution is -1.89. The average Bonchev–Trinajstić information content (AvgIpc) is 2.20. The van der Waals surface area contributed by atoms with E-state index in [0.29, 0.717) is 5.56 Å². The highest BCUT2D eigenvalue weighted by atomic mass is 19.1. The fraction of sp³-hybridized carbons (Fsp3) is 0.0769. The van der Waals surface area contributed by atoms with Gasteiger partial charge < -0.3 is 0 Å². The molecule has 0 heterocycles. The first-order valence-corrected chi connectivity index (χ1v) is 4.69. The second-order valence-corrected chi connectivity index (χ2v) is 3.46. The van der Waals surface area contributed by atoms with Gasteiger partial charge in [-0.25, -0.2) is 8.78 Å². The molecule has 2 heteroatoms. The van der Waals surface area contributed by atoms with Crippen LogP contribution in [0.3, 0.4) is 0 Å². The van der Waals surface area contributed by atoms with Crippen LogP contribution in [-0.2, 0) is 0 Å². The Labute approximate surface area is 87.2 Å². The molecule has 76 valence electrons. The number of aryl methyl sites for hydroxylation is 1. The number of rotatable bonds is 1. The van der Waals surface area contributed by atoms with E-state index in [9.17, 15) is 8.78 Å². The van der Waals surface area contributed by atoms with Crippen LogP contribution in [0.1, 0.15) is 5.56 Å². The summed E-state index contributed by atoms with van der Waals surface area (Å²) in [6.45, 7) is 1.93. The van der Waals surface area contributed by atoms with E-state index in [1.807, 2.05) is 19.1 Å². The minimum atomic E-state index is -0.529. The number of benzene rings is 2. The minimum Gasteiger partial charge on any atom is -0.206 e. The summed E-state index contributed by atoms with van der Waals surface area (Å²) in [4.78, 5) is 0. The van der Waals surface area contributed by atoms with Crippen molar-refractivity contribution in [1.82, 2.24) is 0 Å². The summed E-state index contributed by atoms with van der Waals surface area (Å²) in [5.41, 5.74) is 1.67. The Kier molecular flexibility index (Phi) is 2.50. The van der Waals surface area contributed by atoms with Gasteiger partial charge in [0.05, 0.1) is 5.56 Å². The van der Waals surface area contributed by atoms with Crippen LogP contribution < -0.4 is 0 Å². The van der Waals surface area contributed by atoms with Gasteiger partial charge in [-0.2, -0.15) is 0 Å². The van der Waals surface area contributed by atoms with Gasteiger partial charge in [0.1, 0.15) is 11.6 Å². The lowest BCUT2D eigenvalue weighted by molar-refractivity contribution is 0.589. The summed E-state index contributed by atoms with van der Waals surface area (Å²) < 4.78 is 26.8. The molecule has 15 heavy (non-hydrogen) atoms. The van der Waals surface area contributed by atoms with Crippen LogP contribution in [0.25, 0.3) is 11.1 Å². The third kappa shape index (κ3) is 1.89.